The van der Waals surface area contributed by atoms with Crippen molar-refractivity contribution in [2.24, 2.45) is 0 Å². The van der Waals surface area contributed by atoms with E-state index in [1.807, 2.05) is 24.3 Å². The molecule has 2 amide bonds. The summed E-state index contributed by atoms with van der Waals surface area (Å²) in [6, 6.07) is 11.5. The molecule has 0 saturated carbocycles. The number of carboxylic acid groups (broad SMARTS) is 1. The van der Waals surface area contributed by atoms with Crippen LogP contribution in [0, 0.1) is 5.82 Å². The summed E-state index contributed by atoms with van der Waals surface area (Å²) in [5, 5.41) is 15.3. The highest BCUT2D eigenvalue weighted by Gasteiger charge is 2.24. The van der Waals surface area contributed by atoms with Crippen molar-refractivity contribution in [1.29, 1.82) is 0 Å². The van der Waals surface area contributed by atoms with Crippen LogP contribution in [-0.4, -0.2) is 33.9 Å². The maximum Gasteiger partial charge on any atom is 0.326 e. The van der Waals surface area contributed by atoms with Gasteiger partial charge < -0.3 is 20.7 Å². The first-order valence-corrected chi connectivity index (χ1v) is 9.17. The smallest absolute Gasteiger partial charge is 0.326 e. The van der Waals surface area contributed by atoms with Gasteiger partial charge in [0.05, 0.1) is 0 Å². The van der Waals surface area contributed by atoms with Crippen LogP contribution in [-0.2, 0) is 20.8 Å². The van der Waals surface area contributed by atoms with Crippen LogP contribution in [0.4, 0.5) is 4.39 Å². The van der Waals surface area contributed by atoms with Gasteiger partial charge in [-0.25, -0.2) is 9.18 Å². The van der Waals surface area contributed by atoms with Gasteiger partial charge in [0.2, 0.25) is 5.91 Å². The number of fused-ring (bicyclic) bond motifs is 1. The van der Waals surface area contributed by atoms with Gasteiger partial charge in [0.1, 0.15) is 17.6 Å². The van der Waals surface area contributed by atoms with E-state index in [4.69, 9.17) is 0 Å². The van der Waals surface area contributed by atoms with Crippen molar-refractivity contribution < 1.29 is 23.9 Å². The Hall–Kier alpha value is -3.94. The van der Waals surface area contributed by atoms with Gasteiger partial charge >= 0.3 is 5.97 Å². The topological polar surface area (TPSA) is 111 Å². The van der Waals surface area contributed by atoms with Gasteiger partial charge in [-0.05, 0) is 35.4 Å². The molecule has 30 heavy (non-hydrogen) atoms. The Morgan fingerprint density at radius 2 is 1.83 bits per heavy atom. The fourth-order valence-electron chi connectivity index (χ4n) is 3.03. The standard InChI is InChI=1S/C22H20FN3O4/c1-13(27)25-19(10-14-6-8-16(23)9-7-14)21(28)26-20(22(29)30)11-15-12-24-18-5-3-2-4-17(15)18/h2-10,12,20,24H,11H2,1H3,(H,25,27)(H,26,28)(H,29,30)/b19-10-/t20-/m0/s1. The Kier molecular flexibility index (Phi) is 6.26. The number of aromatic amines is 1. The first-order valence-electron chi connectivity index (χ1n) is 9.17. The number of aromatic nitrogens is 1. The highest BCUT2D eigenvalue weighted by atomic mass is 19.1. The second-order valence-electron chi connectivity index (χ2n) is 6.72. The minimum absolute atomic E-state index is 0.0506. The molecule has 3 aromatic rings. The molecule has 0 aliphatic heterocycles. The van der Waals surface area contributed by atoms with E-state index in [0.29, 0.717) is 5.56 Å². The van der Waals surface area contributed by atoms with Crippen molar-refractivity contribution in [2.75, 3.05) is 0 Å². The number of H-pyrrole nitrogens is 1. The summed E-state index contributed by atoms with van der Waals surface area (Å²) in [7, 11) is 0. The van der Waals surface area contributed by atoms with Gasteiger partial charge in [-0.1, -0.05) is 30.3 Å². The van der Waals surface area contributed by atoms with Gasteiger partial charge in [0.25, 0.3) is 5.91 Å². The van der Waals surface area contributed by atoms with E-state index in [1.165, 1.54) is 37.3 Å². The van der Waals surface area contributed by atoms with E-state index in [9.17, 15) is 23.9 Å². The molecule has 1 atom stereocenters. The zero-order valence-electron chi connectivity index (χ0n) is 16.1. The van der Waals surface area contributed by atoms with Crippen molar-refractivity contribution in [1.82, 2.24) is 15.6 Å². The third kappa shape index (κ3) is 5.11. The monoisotopic (exact) mass is 409 g/mol. The quantitative estimate of drug-likeness (QED) is 0.450. The lowest BCUT2D eigenvalue weighted by Crippen LogP contribution is -2.45. The third-order valence-corrected chi connectivity index (χ3v) is 4.44. The lowest BCUT2D eigenvalue weighted by Gasteiger charge is -2.16. The number of rotatable bonds is 7. The first kappa shape index (κ1) is 20.8. The highest BCUT2D eigenvalue weighted by molar-refractivity contribution is 6.02. The van der Waals surface area contributed by atoms with Crippen LogP contribution in [0.5, 0.6) is 0 Å². The van der Waals surface area contributed by atoms with E-state index in [2.05, 4.69) is 15.6 Å². The van der Waals surface area contributed by atoms with E-state index >= 15 is 0 Å². The summed E-state index contributed by atoms with van der Waals surface area (Å²) < 4.78 is 13.1. The normalized spacial score (nSPS) is 12.4. The predicted molar refractivity (Wildman–Crippen MR) is 110 cm³/mol. The number of para-hydroxylation sites is 1. The Labute approximate surface area is 171 Å². The van der Waals surface area contributed by atoms with Gasteiger partial charge in [-0.2, -0.15) is 0 Å². The van der Waals surface area contributed by atoms with Crippen LogP contribution >= 0.6 is 0 Å². The lowest BCUT2D eigenvalue weighted by molar-refractivity contribution is -0.141. The molecule has 1 aromatic heterocycles. The molecule has 3 rings (SSSR count). The van der Waals surface area contributed by atoms with Gasteiger partial charge in [0, 0.05) is 30.4 Å². The second kappa shape index (κ2) is 9.04. The molecular weight excluding hydrogens is 389 g/mol. The Bertz CT molecular complexity index is 1120. The van der Waals surface area contributed by atoms with Crippen molar-refractivity contribution in [3.63, 3.8) is 0 Å². The van der Waals surface area contributed by atoms with Crippen molar-refractivity contribution in [3.05, 3.63) is 77.4 Å². The molecule has 4 N–H and O–H groups in total. The number of hydrogen-bond donors (Lipinski definition) is 4. The fraction of sp³-hybridized carbons (Fsp3) is 0.136. The molecule has 8 heteroatoms. The maximum atomic E-state index is 13.1. The minimum atomic E-state index is -1.22. The van der Waals surface area contributed by atoms with Crippen molar-refractivity contribution >= 4 is 34.8 Å². The highest BCUT2D eigenvalue weighted by Crippen LogP contribution is 2.19. The summed E-state index contributed by atoms with van der Waals surface area (Å²) in [4.78, 5) is 39.1. The molecule has 154 valence electrons. The number of carbonyl (C=O) groups is 3. The number of halogens is 1. The van der Waals surface area contributed by atoms with Crippen LogP contribution in [0.2, 0.25) is 0 Å². The molecule has 0 unspecified atom stereocenters. The average molecular weight is 409 g/mol. The summed E-state index contributed by atoms with van der Waals surface area (Å²) in [5.74, 6) is -2.91. The van der Waals surface area contributed by atoms with Gasteiger partial charge in [0.15, 0.2) is 0 Å². The average Bonchev–Trinajstić information content (AvgIpc) is 3.11. The number of carbonyl (C=O) groups excluding carboxylic acids is 2. The van der Waals surface area contributed by atoms with Crippen molar-refractivity contribution in [3.8, 4) is 0 Å². The van der Waals surface area contributed by atoms with Crippen LogP contribution in [0.15, 0.2) is 60.4 Å². The van der Waals surface area contributed by atoms with Gasteiger partial charge in [-0.3, -0.25) is 9.59 Å². The number of hydrogen-bond acceptors (Lipinski definition) is 3. The molecule has 0 fully saturated rings. The van der Waals surface area contributed by atoms with Crippen LogP contribution < -0.4 is 10.6 Å². The molecule has 0 spiro atoms. The number of aliphatic carboxylic acids is 1. The summed E-state index contributed by atoms with van der Waals surface area (Å²) >= 11 is 0. The zero-order chi connectivity index (χ0) is 21.7. The molecule has 0 aliphatic carbocycles. The summed E-state index contributed by atoms with van der Waals surface area (Å²) in [6.45, 7) is 1.23. The largest absolute Gasteiger partial charge is 0.480 e. The summed E-state index contributed by atoms with van der Waals surface area (Å²) in [6.07, 6.45) is 3.10. The molecule has 2 aromatic carbocycles. The van der Waals surface area contributed by atoms with E-state index in [-0.39, 0.29) is 12.1 Å². The van der Waals surface area contributed by atoms with Crippen molar-refractivity contribution in [2.45, 2.75) is 19.4 Å². The third-order valence-electron chi connectivity index (χ3n) is 4.44. The van der Waals surface area contributed by atoms with E-state index in [0.717, 1.165) is 16.5 Å². The number of benzene rings is 2. The van der Waals surface area contributed by atoms with E-state index < -0.39 is 29.6 Å². The molecule has 0 radical (unpaired) electrons. The second-order valence-corrected chi connectivity index (χ2v) is 6.72. The maximum absolute atomic E-state index is 13.1. The lowest BCUT2D eigenvalue weighted by atomic mass is 10.0. The Morgan fingerprint density at radius 1 is 1.13 bits per heavy atom. The SMILES string of the molecule is CC(=O)N/C(=C\c1ccc(F)cc1)C(=O)N[C@@H](Cc1c[nH]c2ccccc12)C(=O)O. The Morgan fingerprint density at radius 3 is 2.50 bits per heavy atom. The number of amides is 2. The first-order chi connectivity index (χ1) is 14.3. The minimum Gasteiger partial charge on any atom is -0.480 e. The molecular formula is C22H20FN3O4. The Balaban J connectivity index is 1.83. The van der Waals surface area contributed by atoms with Crippen LogP contribution in [0.25, 0.3) is 17.0 Å². The number of nitrogens with one attached hydrogen (secondary N) is 3. The molecule has 0 saturated heterocycles. The molecule has 1 heterocycles. The van der Waals surface area contributed by atoms with Crippen LogP contribution in [0.3, 0.4) is 0 Å². The van der Waals surface area contributed by atoms with Crippen LogP contribution in [0.1, 0.15) is 18.1 Å². The summed E-state index contributed by atoms with van der Waals surface area (Å²) in [5.41, 5.74) is 1.93. The molecule has 7 nitrogen and oxygen atoms in total. The zero-order valence-corrected chi connectivity index (χ0v) is 16.1. The molecule has 0 aliphatic rings. The van der Waals surface area contributed by atoms with E-state index in [1.54, 1.807) is 6.20 Å². The molecule has 0 bridgehead atoms. The predicted octanol–water partition coefficient (Wildman–Crippen LogP) is 2.60. The fourth-order valence-corrected chi connectivity index (χ4v) is 3.03. The van der Waals surface area contributed by atoms with Gasteiger partial charge in [-0.15, -0.1) is 0 Å². The number of carboxylic acids is 1.